The van der Waals surface area contributed by atoms with Gasteiger partial charge in [-0.05, 0) is 36.4 Å². The summed E-state index contributed by atoms with van der Waals surface area (Å²) in [6, 6.07) is 10.9. The van der Waals surface area contributed by atoms with Crippen molar-refractivity contribution in [3.63, 3.8) is 0 Å². The Labute approximate surface area is 112 Å². The van der Waals surface area contributed by atoms with E-state index in [1.807, 2.05) is 38.1 Å². The number of rotatable bonds is 4. The zero-order chi connectivity index (χ0) is 13.2. The quantitative estimate of drug-likeness (QED) is 0.936. The zero-order valence-electron chi connectivity index (χ0n) is 10.3. The number of aryl methyl sites for hydroxylation is 1. The number of hydrogen-bond acceptors (Lipinski definition) is 3. The maximum atomic E-state index is 12.1. The molecule has 2 rings (SSSR count). The maximum Gasteiger partial charge on any atom is 0.250 e. The highest BCUT2D eigenvalue weighted by Gasteiger charge is 2.19. The third-order valence-corrected chi connectivity index (χ3v) is 5.69. The molecule has 2 aromatic rings. The van der Waals surface area contributed by atoms with E-state index in [2.05, 4.69) is 4.72 Å². The molecule has 1 unspecified atom stereocenters. The van der Waals surface area contributed by atoms with Crippen molar-refractivity contribution in [2.75, 3.05) is 0 Å². The van der Waals surface area contributed by atoms with Gasteiger partial charge in [-0.25, -0.2) is 13.1 Å². The van der Waals surface area contributed by atoms with E-state index in [4.69, 9.17) is 0 Å². The highest BCUT2D eigenvalue weighted by molar-refractivity contribution is 7.91. The van der Waals surface area contributed by atoms with Gasteiger partial charge in [0.15, 0.2) is 0 Å². The van der Waals surface area contributed by atoms with Crippen LogP contribution in [0.25, 0.3) is 0 Å². The smallest absolute Gasteiger partial charge is 0.206 e. The summed E-state index contributed by atoms with van der Waals surface area (Å²) < 4.78 is 27.2. The Morgan fingerprint density at radius 2 is 1.89 bits per heavy atom. The highest BCUT2D eigenvalue weighted by Crippen LogP contribution is 2.21. The molecular formula is C13H15NO2S2. The van der Waals surface area contributed by atoms with E-state index in [-0.39, 0.29) is 6.04 Å². The van der Waals surface area contributed by atoms with Gasteiger partial charge in [0.25, 0.3) is 10.0 Å². The highest BCUT2D eigenvalue weighted by atomic mass is 32.2. The molecule has 0 saturated heterocycles. The predicted octanol–water partition coefficient (Wildman–Crippen LogP) is 3.10. The van der Waals surface area contributed by atoms with Gasteiger partial charge in [0.05, 0.1) is 0 Å². The molecule has 0 aliphatic heterocycles. The molecular weight excluding hydrogens is 266 g/mol. The molecule has 3 nitrogen and oxygen atoms in total. The first-order valence-electron chi connectivity index (χ1n) is 5.62. The minimum atomic E-state index is -3.41. The van der Waals surface area contributed by atoms with Gasteiger partial charge in [0, 0.05) is 6.04 Å². The van der Waals surface area contributed by atoms with E-state index >= 15 is 0 Å². The number of thiophene rings is 1. The van der Waals surface area contributed by atoms with Crippen molar-refractivity contribution >= 4 is 21.4 Å². The van der Waals surface area contributed by atoms with Crippen LogP contribution in [0.4, 0.5) is 0 Å². The number of benzene rings is 1. The van der Waals surface area contributed by atoms with Crippen LogP contribution in [0.1, 0.15) is 24.1 Å². The Kier molecular flexibility index (Phi) is 3.85. The largest absolute Gasteiger partial charge is 0.250 e. The van der Waals surface area contributed by atoms with E-state index < -0.39 is 10.0 Å². The lowest BCUT2D eigenvalue weighted by Gasteiger charge is -2.15. The second kappa shape index (κ2) is 5.22. The topological polar surface area (TPSA) is 46.2 Å². The zero-order valence-corrected chi connectivity index (χ0v) is 11.9. The molecule has 96 valence electrons. The minimum Gasteiger partial charge on any atom is -0.206 e. The van der Waals surface area contributed by atoms with Crippen molar-refractivity contribution < 1.29 is 8.42 Å². The van der Waals surface area contributed by atoms with Gasteiger partial charge >= 0.3 is 0 Å². The first-order valence-corrected chi connectivity index (χ1v) is 7.98. The van der Waals surface area contributed by atoms with Crippen LogP contribution in [0.5, 0.6) is 0 Å². The van der Waals surface area contributed by atoms with Gasteiger partial charge in [-0.1, -0.05) is 30.3 Å². The Hall–Kier alpha value is -1.17. The summed E-state index contributed by atoms with van der Waals surface area (Å²) in [5, 5.41) is 1.76. The van der Waals surface area contributed by atoms with Crippen molar-refractivity contribution in [3.05, 3.63) is 52.9 Å². The van der Waals surface area contributed by atoms with E-state index in [0.29, 0.717) is 4.21 Å². The monoisotopic (exact) mass is 281 g/mol. The van der Waals surface area contributed by atoms with Crippen molar-refractivity contribution in [3.8, 4) is 0 Å². The molecule has 0 amide bonds. The molecule has 18 heavy (non-hydrogen) atoms. The predicted molar refractivity (Wildman–Crippen MR) is 74.2 cm³/mol. The average molecular weight is 281 g/mol. The lowest BCUT2D eigenvalue weighted by atomic mass is 10.0. The van der Waals surface area contributed by atoms with Crippen LogP contribution in [0.15, 0.2) is 46.0 Å². The summed E-state index contributed by atoms with van der Waals surface area (Å²) in [7, 11) is -3.41. The lowest BCUT2D eigenvalue weighted by Crippen LogP contribution is -2.26. The van der Waals surface area contributed by atoms with Crippen LogP contribution < -0.4 is 4.72 Å². The third kappa shape index (κ3) is 2.80. The van der Waals surface area contributed by atoms with Crippen LogP contribution in [0, 0.1) is 6.92 Å². The second-order valence-corrected chi connectivity index (χ2v) is 7.02. The number of hydrogen-bond donors (Lipinski definition) is 1. The van der Waals surface area contributed by atoms with Gasteiger partial charge in [-0.2, -0.15) is 0 Å². The second-order valence-electron chi connectivity index (χ2n) is 4.13. The molecule has 1 heterocycles. The Morgan fingerprint density at radius 3 is 2.50 bits per heavy atom. The summed E-state index contributed by atoms with van der Waals surface area (Å²) >= 11 is 1.22. The summed E-state index contributed by atoms with van der Waals surface area (Å²) in [4.78, 5) is 0. The first-order chi connectivity index (χ1) is 8.50. The van der Waals surface area contributed by atoms with Crippen molar-refractivity contribution in [1.29, 1.82) is 0 Å². The molecule has 0 spiro atoms. The van der Waals surface area contributed by atoms with Gasteiger partial charge < -0.3 is 0 Å². The van der Waals surface area contributed by atoms with Crippen LogP contribution in [0.3, 0.4) is 0 Å². The normalized spacial score (nSPS) is 13.4. The molecule has 0 aliphatic carbocycles. The van der Waals surface area contributed by atoms with Gasteiger partial charge in [0.1, 0.15) is 4.21 Å². The van der Waals surface area contributed by atoms with Crippen LogP contribution in [0.2, 0.25) is 0 Å². The van der Waals surface area contributed by atoms with E-state index in [0.717, 1.165) is 11.1 Å². The molecule has 5 heteroatoms. The fourth-order valence-corrected chi connectivity index (χ4v) is 4.08. The van der Waals surface area contributed by atoms with Crippen molar-refractivity contribution in [2.45, 2.75) is 24.1 Å². The Bertz CT molecular complexity index is 618. The molecule has 1 aromatic carbocycles. The van der Waals surface area contributed by atoms with Crippen LogP contribution >= 0.6 is 11.3 Å². The molecule has 0 fully saturated rings. The summed E-state index contributed by atoms with van der Waals surface area (Å²) in [5.41, 5.74) is 2.08. The van der Waals surface area contributed by atoms with E-state index in [9.17, 15) is 8.42 Å². The minimum absolute atomic E-state index is 0.238. The number of sulfonamides is 1. The van der Waals surface area contributed by atoms with E-state index in [1.165, 1.54) is 11.3 Å². The molecule has 1 N–H and O–H groups in total. The van der Waals surface area contributed by atoms with Gasteiger partial charge in [-0.3, -0.25) is 0 Å². The fourth-order valence-electron chi connectivity index (χ4n) is 1.84. The molecule has 1 aromatic heterocycles. The van der Waals surface area contributed by atoms with Crippen molar-refractivity contribution in [2.24, 2.45) is 0 Å². The van der Waals surface area contributed by atoms with E-state index in [1.54, 1.807) is 17.5 Å². The molecule has 0 aliphatic rings. The standard InChI is InChI=1S/C13H15NO2S2/c1-10-6-3-4-7-12(10)11(2)14-18(15,16)13-8-5-9-17-13/h3-9,11,14H,1-2H3. The summed E-state index contributed by atoms with van der Waals surface area (Å²) in [6.45, 7) is 3.83. The molecule has 0 bridgehead atoms. The maximum absolute atomic E-state index is 12.1. The Morgan fingerprint density at radius 1 is 1.17 bits per heavy atom. The van der Waals surface area contributed by atoms with Crippen LogP contribution in [-0.4, -0.2) is 8.42 Å². The summed E-state index contributed by atoms with van der Waals surface area (Å²) in [5.74, 6) is 0. The average Bonchev–Trinajstić information content (AvgIpc) is 2.82. The van der Waals surface area contributed by atoms with Crippen molar-refractivity contribution in [1.82, 2.24) is 4.72 Å². The molecule has 0 radical (unpaired) electrons. The van der Waals surface area contributed by atoms with Crippen LogP contribution in [-0.2, 0) is 10.0 Å². The summed E-state index contributed by atoms with van der Waals surface area (Å²) in [6.07, 6.45) is 0. The fraction of sp³-hybridized carbons (Fsp3) is 0.231. The van der Waals surface area contributed by atoms with Gasteiger partial charge in [0.2, 0.25) is 0 Å². The first kappa shape index (κ1) is 13.3. The molecule has 1 atom stereocenters. The van der Waals surface area contributed by atoms with Gasteiger partial charge in [-0.15, -0.1) is 11.3 Å². The third-order valence-electron chi connectivity index (χ3n) is 2.75. The number of nitrogens with one attached hydrogen (secondary N) is 1. The molecule has 0 saturated carbocycles. The Balaban J connectivity index is 2.23. The lowest BCUT2D eigenvalue weighted by molar-refractivity contribution is 0.568. The SMILES string of the molecule is Cc1ccccc1C(C)NS(=O)(=O)c1cccs1.